The molecule has 1 aromatic heterocycles. The Bertz CT molecular complexity index is 1570. The van der Waals surface area contributed by atoms with Crippen molar-refractivity contribution >= 4 is 46.6 Å². The molecule has 3 aliphatic heterocycles. The van der Waals surface area contributed by atoms with Crippen molar-refractivity contribution in [2.45, 2.75) is 51.2 Å². The van der Waals surface area contributed by atoms with Gasteiger partial charge < -0.3 is 15.2 Å². The number of carbonyl (C=O) groups is 3. The number of amides is 1. The number of halogens is 4. The summed E-state index contributed by atoms with van der Waals surface area (Å²) in [6.07, 6.45) is 1.57. The van der Waals surface area contributed by atoms with Gasteiger partial charge in [0.2, 0.25) is 5.91 Å². The number of carbonyl (C=O) groups excluding carboxylic acids is 2. The van der Waals surface area contributed by atoms with E-state index < -0.39 is 59.7 Å². The summed E-state index contributed by atoms with van der Waals surface area (Å²) < 4.78 is 51.4. The van der Waals surface area contributed by atoms with Crippen LogP contribution in [0.15, 0.2) is 46.0 Å². The van der Waals surface area contributed by atoms with Gasteiger partial charge in [0.05, 0.1) is 42.3 Å². The van der Waals surface area contributed by atoms with Crippen LogP contribution in [0.2, 0.25) is 5.02 Å². The van der Waals surface area contributed by atoms with Gasteiger partial charge in [0.25, 0.3) is 5.92 Å². The van der Waals surface area contributed by atoms with E-state index >= 15 is 8.78 Å². The Hall–Kier alpha value is -3.53. The molecule has 16 heteroatoms. The van der Waals surface area contributed by atoms with Crippen molar-refractivity contribution in [3.05, 3.63) is 62.5 Å². The molecule has 0 radical (unpaired) electrons. The standard InChI is InChI=1S/C29H32ClF3N6O5S/c1-15(40)39-13-19-23(38(39)10-8-28(2,3)27(42)43)29(32,33)14-37(19)12-18-20(26(41)44-4)22(16-6-5-7-17(31)21(16)30)36-24(35-18)25-34-9-11-45-25/h5-7,9,11,19,22-23H,8,10,12-14H2,1-4H3,(H,35,36)(H,42,43). The van der Waals surface area contributed by atoms with Gasteiger partial charge in [-0.25, -0.2) is 28.0 Å². The van der Waals surface area contributed by atoms with E-state index in [0.29, 0.717) is 5.01 Å². The van der Waals surface area contributed by atoms with Crippen molar-refractivity contribution in [2.75, 3.05) is 33.3 Å². The number of carboxylic acids is 1. The SMILES string of the molecule is COC(=O)C1=C(CN2CC(F)(F)C3C2CN(C(C)=O)N3CCC(C)(C)C(=O)O)NC(c2nccs2)=NC1c1cccc(F)c1Cl. The lowest BCUT2D eigenvalue weighted by molar-refractivity contribution is -0.156. The molecule has 0 spiro atoms. The number of ether oxygens (including phenoxy) is 1. The summed E-state index contributed by atoms with van der Waals surface area (Å²) in [6.45, 7) is 3.19. The number of fused-ring (bicyclic) bond motifs is 1. The fraction of sp³-hybridized carbons (Fsp3) is 0.483. The first-order valence-corrected chi connectivity index (χ1v) is 15.3. The van der Waals surface area contributed by atoms with E-state index in [9.17, 15) is 23.9 Å². The second-order valence-corrected chi connectivity index (χ2v) is 13.0. The van der Waals surface area contributed by atoms with Crippen LogP contribution in [0.5, 0.6) is 0 Å². The van der Waals surface area contributed by atoms with Crippen molar-refractivity contribution in [2.24, 2.45) is 10.4 Å². The zero-order valence-corrected chi connectivity index (χ0v) is 26.5. The first-order valence-electron chi connectivity index (χ1n) is 14.1. The molecule has 3 aliphatic rings. The van der Waals surface area contributed by atoms with Gasteiger partial charge in [0, 0.05) is 42.9 Å². The van der Waals surface area contributed by atoms with E-state index in [0.717, 1.165) is 13.2 Å². The fourth-order valence-electron chi connectivity index (χ4n) is 5.95. The largest absolute Gasteiger partial charge is 0.481 e. The van der Waals surface area contributed by atoms with Gasteiger partial charge in [-0.1, -0.05) is 23.7 Å². The molecule has 0 saturated carbocycles. The highest BCUT2D eigenvalue weighted by molar-refractivity contribution is 7.11. The quantitative estimate of drug-likeness (QED) is 0.385. The molecule has 3 unspecified atom stereocenters. The average Bonchev–Trinajstić information content (AvgIpc) is 3.70. The Morgan fingerprint density at radius 1 is 1.29 bits per heavy atom. The van der Waals surface area contributed by atoms with E-state index in [4.69, 9.17) is 16.3 Å². The summed E-state index contributed by atoms with van der Waals surface area (Å²) in [7, 11) is 1.16. The van der Waals surface area contributed by atoms with Gasteiger partial charge in [-0.15, -0.1) is 11.3 Å². The van der Waals surface area contributed by atoms with Crippen molar-refractivity contribution in [1.82, 2.24) is 25.2 Å². The van der Waals surface area contributed by atoms with Crippen LogP contribution >= 0.6 is 22.9 Å². The molecule has 1 amide bonds. The van der Waals surface area contributed by atoms with E-state index in [2.05, 4.69) is 15.3 Å². The third-order valence-electron chi connectivity index (χ3n) is 8.38. The molecule has 3 atom stereocenters. The van der Waals surface area contributed by atoms with Gasteiger partial charge in [-0.2, -0.15) is 0 Å². The normalized spacial score (nSPS) is 23.5. The van der Waals surface area contributed by atoms with Crippen molar-refractivity contribution < 1.29 is 37.4 Å². The van der Waals surface area contributed by atoms with Crippen LogP contribution in [0, 0.1) is 11.2 Å². The summed E-state index contributed by atoms with van der Waals surface area (Å²) in [6, 6.07) is 0.648. The lowest BCUT2D eigenvalue weighted by Gasteiger charge is -2.35. The van der Waals surface area contributed by atoms with E-state index in [1.807, 2.05) is 0 Å². The first kappa shape index (κ1) is 32.9. The zero-order chi connectivity index (χ0) is 32.8. The van der Waals surface area contributed by atoms with Gasteiger partial charge in [0.1, 0.15) is 17.9 Å². The molecular weight excluding hydrogens is 637 g/mol. The van der Waals surface area contributed by atoms with E-state index in [1.54, 1.807) is 11.6 Å². The molecule has 45 heavy (non-hydrogen) atoms. The monoisotopic (exact) mass is 668 g/mol. The third kappa shape index (κ3) is 6.18. The van der Waals surface area contributed by atoms with Crippen LogP contribution < -0.4 is 5.32 Å². The smallest absolute Gasteiger partial charge is 0.338 e. The molecule has 0 bridgehead atoms. The lowest BCUT2D eigenvalue weighted by atomic mass is 9.89. The zero-order valence-electron chi connectivity index (χ0n) is 24.9. The van der Waals surface area contributed by atoms with Gasteiger partial charge in [-0.3, -0.25) is 24.5 Å². The minimum Gasteiger partial charge on any atom is -0.481 e. The van der Waals surface area contributed by atoms with Gasteiger partial charge in [0.15, 0.2) is 10.8 Å². The maximum atomic E-state index is 15.9. The number of thiazole rings is 1. The van der Waals surface area contributed by atoms with Gasteiger partial charge in [-0.05, 0) is 26.3 Å². The average molecular weight is 669 g/mol. The maximum Gasteiger partial charge on any atom is 0.338 e. The highest BCUT2D eigenvalue weighted by Crippen LogP contribution is 2.43. The second-order valence-electron chi connectivity index (χ2n) is 11.8. The number of nitrogens with one attached hydrogen (secondary N) is 1. The van der Waals surface area contributed by atoms with Gasteiger partial charge >= 0.3 is 11.9 Å². The number of aliphatic imine (C=N–C) groups is 1. The predicted octanol–water partition coefficient (Wildman–Crippen LogP) is 3.72. The number of methoxy groups -OCH3 is 1. The molecule has 11 nitrogen and oxygen atoms in total. The third-order valence-corrected chi connectivity index (χ3v) is 9.56. The molecule has 2 N–H and O–H groups in total. The Balaban J connectivity index is 1.55. The van der Waals surface area contributed by atoms with E-state index in [1.165, 1.54) is 59.2 Å². The minimum absolute atomic E-state index is 0.0221. The number of carboxylic acid groups (broad SMARTS) is 1. The highest BCUT2D eigenvalue weighted by atomic mass is 35.5. The first-order chi connectivity index (χ1) is 21.2. The number of hydrogen-bond donors (Lipinski definition) is 2. The summed E-state index contributed by atoms with van der Waals surface area (Å²) in [5, 5.41) is 17.1. The van der Waals surface area contributed by atoms with Crippen molar-refractivity contribution in [3.8, 4) is 0 Å². The number of alkyl halides is 2. The van der Waals surface area contributed by atoms with Crippen molar-refractivity contribution in [3.63, 3.8) is 0 Å². The van der Waals surface area contributed by atoms with Crippen LogP contribution in [-0.2, 0) is 19.1 Å². The predicted molar refractivity (Wildman–Crippen MR) is 159 cm³/mol. The Morgan fingerprint density at radius 3 is 2.64 bits per heavy atom. The Kier molecular flexibility index (Phi) is 9.01. The number of benzene rings is 1. The number of hydrazine groups is 1. The minimum atomic E-state index is -3.31. The highest BCUT2D eigenvalue weighted by Gasteiger charge is 2.62. The molecular formula is C29H32ClF3N6O5S. The molecule has 1 aromatic carbocycles. The number of hydrogen-bond acceptors (Lipinski definition) is 10. The molecule has 2 saturated heterocycles. The molecule has 242 valence electrons. The molecule has 2 fully saturated rings. The number of nitrogens with zero attached hydrogens (tertiary/aromatic N) is 5. The van der Waals surface area contributed by atoms with Crippen LogP contribution in [0.3, 0.4) is 0 Å². The van der Waals surface area contributed by atoms with Crippen LogP contribution in [0.4, 0.5) is 13.2 Å². The summed E-state index contributed by atoms with van der Waals surface area (Å²) in [5.74, 6) is -6.16. The van der Waals surface area contributed by atoms with Crippen LogP contribution in [0.25, 0.3) is 0 Å². The number of likely N-dealkylation sites (tertiary alicyclic amines) is 1. The van der Waals surface area contributed by atoms with Crippen LogP contribution in [0.1, 0.15) is 43.8 Å². The van der Waals surface area contributed by atoms with Crippen molar-refractivity contribution in [1.29, 1.82) is 0 Å². The number of aromatic nitrogens is 1. The topological polar surface area (TPSA) is 128 Å². The molecule has 5 rings (SSSR count). The summed E-state index contributed by atoms with van der Waals surface area (Å²) in [5.41, 5.74) is -0.896. The maximum absolute atomic E-state index is 15.9. The summed E-state index contributed by atoms with van der Waals surface area (Å²) in [4.78, 5) is 48.0. The summed E-state index contributed by atoms with van der Waals surface area (Å²) >= 11 is 7.59. The molecule has 4 heterocycles. The molecule has 0 aliphatic carbocycles. The second kappa shape index (κ2) is 12.3. The number of rotatable bonds is 9. The number of aliphatic carboxylic acids is 1. The number of amidine groups is 1. The molecule has 2 aromatic rings. The van der Waals surface area contributed by atoms with Crippen LogP contribution in [-0.4, -0.2) is 100.0 Å². The fourth-order valence-corrected chi connectivity index (χ4v) is 6.77. The van der Waals surface area contributed by atoms with E-state index in [-0.39, 0.29) is 53.7 Å². The Morgan fingerprint density at radius 2 is 2.02 bits per heavy atom. The lowest BCUT2D eigenvalue weighted by Crippen LogP contribution is -2.52. The Labute approximate surface area is 266 Å². The number of esters is 1.